The van der Waals surface area contributed by atoms with Crippen LogP contribution in [0.3, 0.4) is 0 Å². The smallest absolute Gasteiger partial charge is 0.259 e. The SMILES string of the molecule is O=C(Cc1cccs1)N1CCN(Cc2nc3sc4c(c3c(=O)[nH]2)CCCC4)CC1. The summed E-state index contributed by atoms with van der Waals surface area (Å²) in [4.78, 5) is 40.5. The number of amides is 1. The predicted molar refractivity (Wildman–Crippen MR) is 117 cm³/mol. The molecule has 1 aliphatic heterocycles. The molecular formula is C21H24N4O2S2. The molecule has 1 amide bonds. The van der Waals surface area contributed by atoms with E-state index in [2.05, 4.69) is 9.88 Å². The van der Waals surface area contributed by atoms with Gasteiger partial charge in [0.15, 0.2) is 0 Å². The number of piperazine rings is 1. The summed E-state index contributed by atoms with van der Waals surface area (Å²) in [7, 11) is 0. The van der Waals surface area contributed by atoms with Gasteiger partial charge < -0.3 is 9.88 Å². The van der Waals surface area contributed by atoms with Crippen LogP contribution in [0.2, 0.25) is 0 Å². The lowest BCUT2D eigenvalue weighted by Gasteiger charge is -2.34. The lowest BCUT2D eigenvalue weighted by atomic mass is 9.97. The normalized spacial score (nSPS) is 17.6. The lowest BCUT2D eigenvalue weighted by molar-refractivity contribution is -0.132. The van der Waals surface area contributed by atoms with Crippen molar-refractivity contribution in [3.05, 3.63) is 49.0 Å². The van der Waals surface area contributed by atoms with Crippen molar-refractivity contribution in [2.45, 2.75) is 38.6 Å². The van der Waals surface area contributed by atoms with Crippen molar-refractivity contribution in [3.63, 3.8) is 0 Å². The second kappa shape index (κ2) is 8.01. The molecule has 3 aromatic heterocycles. The molecule has 152 valence electrons. The average Bonchev–Trinajstić information content (AvgIpc) is 3.35. The van der Waals surface area contributed by atoms with E-state index in [0.29, 0.717) is 13.0 Å². The van der Waals surface area contributed by atoms with E-state index >= 15 is 0 Å². The molecule has 0 unspecified atom stereocenters. The maximum absolute atomic E-state index is 12.7. The highest BCUT2D eigenvalue weighted by molar-refractivity contribution is 7.18. The van der Waals surface area contributed by atoms with E-state index in [4.69, 9.17) is 4.98 Å². The van der Waals surface area contributed by atoms with Crippen molar-refractivity contribution < 1.29 is 4.79 Å². The van der Waals surface area contributed by atoms with Gasteiger partial charge in [0.2, 0.25) is 5.91 Å². The molecule has 8 heteroatoms. The standard InChI is InChI=1S/C21H24N4O2S2/c26-18(12-14-4-3-11-28-14)25-9-7-24(8-10-25)13-17-22-20(27)19-15-5-1-2-6-16(15)29-21(19)23-17/h3-4,11H,1-2,5-10,12-13H2,(H,22,23,27). The number of aromatic amines is 1. The highest BCUT2D eigenvalue weighted by Gasteiger charge is 2.23. The summed E-state index contributed by atoms with van der Waals surface area (Å²) in [6.07, 6.45) is 4.94. The number of thiophene rings is 2. The van der Waals surface area contributed by atoms with Crippen LogP contribution in [-0.4, -0.2) is 51.9 Å². The van der Waals surface area contributed by atoms with E-state index in [1.165, 1.54) is 16.9 Å². The molecule has 0 saturated carbocycles. The highest BCUT2D eigenvalue weighted by Crippen LogP contribution is 2.33. The minimum absolute atomic E-state index is 0.00848. The van der Waals surface area contributed by atoms with Crippen LogP contribution in [0.1, 0.15) is 34.0 Å². The molecule has 0 atom stereocenters. The van der Waals surface area contributed by atoms with Gasteiger partial charge in [-0.15, -0.1) is 22.7 Å². The Labute approximate surface area is 177 Å². The Balaban J connectivity index is 1.24. The summed E-state index contributed by atoms with van der Waals surface area (Å²) < 4.78 is 0. The molecule has 1 aliphatic carbocycles. The van der Waals surface area contributed by atoms with Crippen molar-refractivity contribution in [2.75, 3.05) is 26.2 Å². The Kier molecular flexibility index (Phi) is 5.24. The Morgan fingerprint density at radius 3 is 2.79 bits per heavy atom. The van der Waals surface area contributed by atoms with Crippen LogP contribution in [0.4, 0.5) is 0 Å². The van der Waals surface area contributed by atoms with Crippen LogP contribution in [0.15, 0.2) is 22.3 Å². The second-order valence-electron chi connectivity index (χ2n) is 7.82. The van der Waals surface area contributed by atoms with E-state index in [1.807, 2.05) is 22.4 Å². The van der Waals surface area contributed by atoms with Crippen molar-refractivity contribution >= 4 is 38.8 Å². The van der Waals surface area contributed by atoms with Crippen molar-refractivity contribution in [2.24, 2.45) is 0 Å². The Morgan fingerprint density at radius 2 is 2.00 bits per heavy atom. The Hall–Kier alpha value is -2.03. The molecule has 0 radical (unpaired) electrons. The number of aryl methyl sites for hydroxylation is 2. The number of carbonyl (C=O) groups excluding carboxylic acids is 1. The van der Waals surface area contributed by atoms with Crippen LogP contribution in [0.5, 0.6) is 0 Å². The molecule has 0 aromatic carbocycles. The zero-order valence-electron chi connectivity index (χ0n) is 16.3. The summed E-state index contributed by atoms with van der Waals surface area (Å²) in [5.74, 6) is 0.934. The maximum atomic E-state index is 12.7. The number of rotatable bonds is 4. The van der Waals surface area contributed by atoms with E-state index in [9.17, 15) is 9.59 Å². The van der Waals surface area contributed by atoms with Crippen molar-refractivity contribution in [1.29, 1.82) is 0 Å². The molecule has 4 heterocycles. The molecule has 0 bridgehead atoms. The minimum atomic E-state index is 0.00848. The van der Waals surface area contributed by atoms with Gasteiger partial charge in [-0.3, -0.25) is 14.5 Å². The van der Waals surface area contributed by atoms with Gasteiger partial charge in [-0.05, 0) is 42.7 Å². The molecule has 0 spiro atoms. The summed E-state index contributed by atoms with van der Waals surface area (Å²) in [6.45, 7) is 3.69. The summed E-state index contributed by atoms with van der Waals surface area (Å²) in [6, 6.07) is 4.00. The van der Waals surface area contributed by atoms with Gasteiger partial charge >= 0.3 is 0 Å². The van der Waals surface area contributed by atoms with Crippen molar-refractivity contribution in [1.82, 2.24) is 19.8 Å². The zero-order valence-corrected chi connectivity index (χ0v) is 17.9. The van der Waals surface area contributed by atoms with E-state index in [-0.39, 0.29) is 11.5 Å². The minimum Gasteiger partial charge on any atom is -0.340 e. The first-order valence-electron chi connectivity index (χ1n) is 10.2. The highest BCUT2D eigenvalue weighted by atomic mass is 32.1. The van der Waals surface area contributed by atoms with Gasteiger partial charge in [-0.25, -0.2) is 4.98 Å². The topological polar surface area (TPSA) is 69.3 Å². The number of carbonyl (C=O) groups is 1. The van der Waals surface area contributed by atoms with Gasteiger partial charge in [-0.2, -0.15) is 0 Å². The molecule has 5 rings (SSSR count). The van der Waals surface area contributed by atoms with Gasteiger partial charge in [0.25, 0.3) is 5.56 Å². The maximum Gasteiger partial charge on any atom is 0.259 e. The van der Waals surface area contributed by atoms with E-state index in [1.54, 1.807) is 22.7 Å². The average molecular weight is 429 g/mol. The molecule has 3 aromatic rings. The predicted octanol–water partition coefficient (Wildman–Crippen LogP) is 2.81. The van der Waals surface area contributed by atoms with E-state index < -0.39 is 0 Å². The Bertz CT molecular complexity index is 1080. The number of hydrogen-bond acceptors (Lipinski definition) is 6. The first-order chi connectivity index (χ1) is 14.2. The molecular weight excluding hydrogens is 404 g/mol. The van der Waals surface area contributed by atoms with Crippen LogP contribution in [-0.2, 0) is 30.6 Å². The van der Waals surface area contributed by atoms with Crippen molar-refractivity contribution in [3.8, 4) is 0 Å². The summed E-state index contributed by atoms with van der Waals surface area (Å²) >= 11 is 3.33. The number of aromatic nitrogens is 2. The van der Waals surface area contributed by atoms with Crippen LogP contribution >= 0.6 is 22.7 Å². The molecule has 1 N–H and O–H groups in total. The van der Waals surface area contributed by atoms with Crippen LogP contribution in [0.25, 0.3) is 10.2 Å². The molecule has 1 saturated heterocycles. The first kappa shape index (κ1) is 19.0. The van der Waals surface area contributed by atoms with Gasteiger partial charge in [0, 0.05) is 35.9 Å². The largest absolute Gasteiger partial charge is 0.340 e. The molecule has 1 fully saturated rings. The number of H-pyrrole nitrogens is 1. The van der Waals surface area contributed by atoms with Gasteiger partial charge in [-0.1, -0.05) is 6.07 Å². The van der Waals surface area contributed by atoms with Gasteiger partial charge in [0.1, 0.15) is 10.7 Å². The lowest BCUT2D eigenvalue weighted by Crippen LogP contribution is -2.48. The molecule has 6 nitrogen and oxygen atoms in total. The van der Waals surface area contributed by atoms with Crippen LogP contribution < -0.4 is 5.56 Å². The first-order valence-corrected chi connectivity index (χ1v) is 11.9. The third-order valence-corrected chi connectivity index (χ3v) is 7.94. The fourth-order valence-corrected chi connectivity index (χ4v) is 6.30. The third-order valence-electron chi connectivity index (χ3n) is 5.88. The monoisotopic (exact) mass is 428 g/mol. The number of hydrogen-bond donors (Lipinski definition) is 1. The zero-order chi connectivity index (χ0) is 19.8. The summed E-state index contributed by atoms with van der Waals surface area (Å²) in [5, 5.41) is 2.83. The Morgan fingerprint density at radius 1 is 1.17 bits per heavy atom. The molecule has 29 heavy (non-hydrogen) atoms. The fourth-order valence-electron chi connectivity index (χ4n) is 4.32. The summed E-state index contributed by atoms with van der Waals surface area (Å²) in [5.41, 5.74) is 1.24. The fraction of sp³-hybridized carbons (Fsp3) is 0.476. The third kappa shape index (κ3) is 3.89. The molecule has 2 aliphatic rings. The number of fused-ring (bicyclic) bond motifs is 3. The van der Waals surface area contributed by atoms with E-state index in [0.717, 1.165) is 66.4 Å². The van der Waals surface area contributed by atoms with Crippen LogP contribution in [0, 0.1) is 0 Å². The number of nitrogens with zero attached hydrogens (tertiary/aromatic N) is 3. The number of nitrogens with one attached hydrogen (secondary N) is 1. The second-order valence-corrected chi connectivity index (χ2v) is 9.93. The van der Waals surface area contributed by atoms with Gasteiger partial charge in [0.05, 0.1) is 18.4 Å². The quantitative estimate of drug-likeness (QED) is 0.694.